The number of rotatable bonds is 5. The molecule has 0 radical (unpaired) electrons. The maximum atomic E-state index is 13.0. The fourth-order valence-electron chi connectivity index (χ4n) is 2.65. The first-order valence-electron chi connectivity index (χ1n) is 8.51. The molecule has 0 bridgehead atoms. The molecule has 1 aliphatic heterocycles. The van der Waals surface area contributed by atoms with E-state index in [1.807, 2.05) is 31.1 Å². The first-order chi connectivity index (χ1) is 13.4. The van der Waals surface area contributed by atoms with E-state index in [9.17, 15) is 9.59 Å². The first-order valence-corrected chi connectivity index (χ1v) is 9.33. The Morgan fingerprint density at radius 2 is 2.04 bits per heavy atom. The number of anilines is 2. The lowest BCUT2D eigenvalue weighted by Crippen LogP contribution is -2.24. The van der Waals surface area contributed by atoms with Crippen molar-refractivity contribution in [1.82, 2.24) is 4.98 Å². The second-order valence-corrected chi connectivity index (χ2v) is 7.27. The predicted octanol–water partition coefficient (Wildman–Crippen LogP) is 3.11. The number of aromatic nitrogens is 1. The number of hydrogen-bond donors (Lipinski definition) is 0. The summed E-state index contributed by atoms with van der Waals surface area (Å²) in [5.74, 6) is -0.619. The predicted molar refractivity (Wildman–Crippen MR) is 112 cm³/mol. The molecule has 2 aromatic heterocycles. The number of amides is 1. The Balaban J connectivity index is 1.99. The maximum Gasteiger partial charge on any atom is 0.338 e. The Morgan fingerprint density at radius 3 is 2.64 bits per heavy atom. The van der Waals surface area contributed by atoms with Gasteiger partial charge in [0.15, 0.2) is 5.82 Å². The second kappa shape index (κ2) is 8.18. The van der Waals surface area contributed by atoms with E-state index in [-0.39, 0.29) is 11.1 Å². The van der Waals surface area contributed by atoms with Crippen LogP contribution in [-0.4, -0.2) is 43.8 Å². The van der Waals surface area contributed by atoms with E-state index in [4.69, 9.17) is 4.74 Å². The highest BCUT2D eigenvalue weighted by Gasteiger charge is 2.33. The SMILES string of the molecule is COC(=O)C(/C=C/c1ccc(N(C)C)s1)=C1\C(=O)N(c2ccccn2)N=C1C. The van der Waals surface area contributed by atoms with Crippen molar-refractivity contribution in [2.24, 2.45) is 5.10 Å². The van der Waals surface area contributed by atoms with Gasteiger partial charge in [0.2, 0.25) is 0 Å². The third kappa shape index (κ3) is 3.86. The molecule has 2 aromatic rings. The zero-order valence-electron chi connectivity index (χ0n) is 16.0. The molecule has 0 spiro atoms. The van der Waals surface area contributed by atoms with Crippen LogP contribution in [0.2, 0.25) is 0 Å². The Kier molecular flexibility index (Phi) is 5.70. The highest BCUT2D eigenvalue weighted by molar-refractivity contribution is 7.16. The molecule has 0 aromatic carbocycles. The van der Waals surface area contributed by atoms with E-state index in [0.717, 1.165) is 9.88 Å². The molecule has 0 aliphatic carbocycles. The highest BCUT2D eigenvalue weighted by atomic mass is 32.1. The molecule has 144 valence electrons. The molecular formula is C20H20N4O3S. The van der Waals surface area contributed by atoms with Gasteiger partial charge in [-0.15, -0.1) is 11.3 Å². The van der Waals surface area contributed by atoms with Crippen LogP contribution in [0.3, 0.4) is 0 Å². The van der Waals surface area contributed by atoms with Gasteiger partial charge in [0.05, 0.1) is 29.0 Å². The monoisotopic (exact) mass is 396 g/mol. The lowest BCUT2D eigenvalue weighted by Gasteiger charge is -2.10. The number of pyridine rings is 1. The van der Waals surface area contributed by atoms with Crippen LogP contribution in [0.4, 0.5) is 10.8 Å². The van der Waals surface area contributed by atoms with Crippen LogP contribution in [0.5, 0.6) is 0 Å². The molecule has 0 unspecified atom stereocenters. The van der Waals surface area contributed by atoms with Crippen LogP contribution in [0.25, 0.3) is 6.08 Å². The van der Waals surface area contributed by atoms with Crippen LogP contribution in [0.1, 0.15) is 11.8 Å². The van der Waals surface area contributed by atoms with Crippen LogP contribution < -0.4 is 9.91 Å². The molecular weight excluding hydrogens is 376 g/mol. The van der Waals surface area contributed by atoms with E-state index < -0.39 is 11.9 Å². The van der Waals surface area contributed by atoms with E-state index in [1.54, 1.807) is 54.8 Å². The van der Waals surface area contributed by atoms with Crippen molar-refractivity contribution in [3.63, 3.8) is 0 Å². The molecule has 0 saturated heterocycles. The molecule has 28 heavy (non-hydrogen) atoms. The average Bonchev–Trinajstić information content (AvgIpc) is 3.28. The van der Waals surface area contributed by atoms with Crippen molar-refractivity contribution in [2.75, 3.05) is 31.1 Å². The molecule has 8 heteroatoms. The van der Waals surface area contributed by atoms with Gasteiger partial charge < -0.3 is 9.64 Å². The van der Waals surface area contributed by atoms with Crippen molar-refractivity contribution in [1.29, 1.82) is 0 Å². The van der Waals surface area contributed by atoms with Gasteiger partial charge in [0.1, 0.15) is 0 Å². The number of carbonyl (C=O) groups is 2. The summed E-state index contributed by atoms with van der Waals surface area (Å²) >= 11 is 1.57. The summed E-state index contributed by atoms with van der Waals surface area (Å²) in [6, 6.07) is 9.14. The standard InChI is InChI=1S/C20H20N4O3S/c1-13-18(19(25)24(22-13)16-7-5-6-12-21-16)15(20(26)27-4)10-8-14-9-11-17(28-14)23(2)3/h5-12H,1-4H3/b10-8+,18-15-. The minimum atomic E-state index is -0.596. The van der Waals surface area contributed by atoms with Crippen LogP contribution >= 0.6 is 11.3 Å². The molecule has 1 aliphatic rings. The lowest BCUT2D eigenvalue weighted by molar-refractivity contribution is -0.136. The number of carbonyl (C=O) groups excluding carboxylic acids is 2. The molecule has 0 saturated carbocycles. The number of methoxy groups -OCH3 is 1. The molecule has 7 nitrogen and oxygen atoms in total. The topological polar surface area (TPSA) is 75.1 Å². The molecule has 1 amide bonds. The third-order valence-corrected chi connectivity index (χ3v) is 5.24. The molecule has 0 atom stereocenters. The number of hydrazone groups is 1. The number of nitrogens with zero attached hydrogens (tertiary/aromatic N) is 4. The number of thiophene rings is 1. The fourth-order valence-corrected chi connectivity index (χ4v) is 3.48. The van der Waals surface area contributed by atoms with Crippen molar-refractivity contribution in [2.45, 2.75) is 6.92 Å². The largest absolute Gasteiger partial charge is 0.465 e. The average molecular weight is 396 g/mol. The minimum absolute atomic E-state index is 0.159. The van der Waals surface area contributed by atoms with Crippen LogP contribution in [0, 0.1) is 0 Å². The van der Waals surface area contributed by atoms with Gasteiger partial charge in [-0.05, 0) is 43.3 Å². The van der Waals surface area contributed by atoms with Gasteiger partial charge in [-0.2, -0.15) is 10.1 Å². The summed E-state index contributed by atoms with van der Waals surface area (Å²) in [6.45, 7) is 1.68. The quantitative estimate of drug-likeness (QED) is 0.573. The first kappa shape index (κ1) is 19.5. The Morgan fingerprint density at radius 1 is 1.25 bits per heavy atom. The number of hydrogen-bond acceptors (Lipinski definition) is 7. The van der Waals surface area contributed by atoms with Gasteiger partial charge in [0, 0.05) is 25.2 Å². The summed E-state index contributed by atoms with van der Waals surface area (Å²) in [5, 5.41) is 6.55. The van der Waals surface area contributed by atoms with Crippen molar-refractivity contribution in [3.05, 3.63) is 58.6 Å². The van der Waals surface area contributed by atoms with E-state index in [1.165, 1.54) is 12.1 Å². The van der Waals surface area contributed by atoms with Crippen molar-refractivity contribution < 1.29 is 14.3 Å². The van der Waals surface area contributed by atoms with Gasteiger partial charge in [-0.25, -0.2) is 9.78 Å². The summed E-state index contributed by atoms with van der Waals surface area (Å²) in [5.41, 5.74) is 0.797. The number of ether oxygens (including phenoxy) is 1. The summed E-state index contributed by atoms with van der Waals surface area (Å²) in [6.07, 6.45) is 4.97. The zero-order valence-corrected chi connectivity index (χ0v) is 16.9. The van der Waals surface area contributed by atoms with E-state index >= 15 is 0 Å². The highest BCUT2D eigenvalue weighted by Crippen LogP contribution is 2.28. The maximum absolute atomic E-state index is 13.0. The zero-order chi connectivity index (χ0) is 20.3. The fraction of sp³-hybridized carbons (Fsp3) is 0.200. The Bertz CT molecular complexity index is 990. The molecule has 0 N–H and O–H groups in total. The molecule has 3 heterocycles. The van der Waals surface area contributed by atoms with Crippen molar-refractivity contribution >= 4 is 45.8 Å². The van der Waals surface area contributed by atoms with Crippen molar-refractivity contribution in [3.8, 4) is 0 Å². The van der Waals surface area contributed by atoms with Gasteiger partial charge in [0.25, 0.3) is 5.91 Å². The van der Waals surface area contributed by atoms with Crippen LogP contribution in [0.15, 0.2) is 58.9 Å². The lowest BCUT2D eigenvalue weighted by atomic mass is 10.0. The van der Waals surface area contributed by atoms with Gasteiger partial charge >= 0.3 is 5.97 Å². The van der Waals surface area contributed by atoms with Gasteiger partial charge in [-0.1, -0.05) is 6.07 Å². The van der Waals surface area contributed by atoms with Gasteiger partial charge in [-0.3, -0.25) is 4.79 Å². The summed E-state index contributed by atoms with van der Waals surface area (Å²) in [4.78, 5) is 32.5. The Hall–Kier alpha value is -3.26. The van der Waals surface area contributed by atoms with E-state index in [2.05, 4.69) is 10.1 Å². The Labute approximate surface area is 167 Å². The summed E-state index contributed by atoms with van der Waals surface area (Å²) < 4.78 is 4.90. The normalized spacial score (nSPS) is 15.8. The minimum Gasteiger partial charge on any atom is -0.465 e. The third-order valence-electron chi connectivity index (χ3n) is 4.03. The van der Waals surface area contributed by atoms with E-state index in [0.29, 0.717) is 11.5 Å². The summed E-state index contributed by atoms with van der Waals surface area (Å²) in [7, 11) is 5.21. The number of esters is 1. The molecule has 3 rings (SSSR count). The smallest absolute Gasteiger partial charge is 0.338 e. The second-order valence-electron chi connectivity index (χ2n) is 6.17. The van der Waals surface area contributed by atoms with Crippen LogP contribution in [-0.2, 0) is 14.3 Å². The molecule has 0 fully saturated rings.